The zero-order valence-corrected chi connectivity index (χ0v) is 33.0. The van der Waals surface area contributed by atoms with Crippen LogP contribution in [-0.4, -0.2) is 55.2 Å². The monoisotopic (exact) mass is 853 g/mol. The zero-order chi connectivity index (χ0) is 40.7. The number of aryl methyl sites for hydroxylation is 2. The fourth-order valence-electron chi connectivity index (χ4n) is 4.24. The van der Waals surface area contributed by atoms with Crippen LogP contribution in [0.3, 0.4) is 0 Å². The number of rotatable bonds is 10. The number of aromatic nitrogens is 4. The summed E-state index contributed by atoms with van der Waals surface area (Å²) in [6.07, 6.45) is 5.85. The molecule has 0 spiro atoms. The molecule has 2 N–H and O–H groups in total. The summed E-state index contributed by atoms with van der Waals surface area (Å²) in [7, 11) is -7.60. The number of carbonyl (C=O) groups excluding carboxylic acids is 1. The number of carbonyl (C=O) groups is 1. The van der Waals surface area contributed by atoms with Gasteiger partial charge < -0.3 is 20.1 Å². The Morgan fingerprint density at radius 1 is 0.614 bits per heavy atom. The van der Waals surface area contributed by atoms with E-state index >= 15 is 0 Å². The molecule has 16 nitrogen and oxygen atoms in total. The Kier molecular flexibility index (Phi) is 16.5. The second kappa shape index (κ2) is 20.9. The molecule has 19 heteroatoms. The summed E-state index contributed by atoms with van der Waals surface area (Å²) in [5.41, 5.74) is 3.28. The number of hydrogen-bond acceptors (Lipinski definition) is 14. The Balaban J connectivity index is 0.000000355. The second-order valence-corrected chi connectivity index (χ2v) is 14.7. The van der Waals surface area contributed by atoms with E-state index in [1.807, 2.05) is 0 Å². The molecule has 2 heterocycles. The van der Waals surface area contributed by atoms with Crippen LogP contribution in [0, 0.1) is 13.8 Å². The van der Waals surface area contributed by atoms with E-state index in [-0.39, 0.29) is 51.4 Å². The van der Waals surface area contributed by atoms with Crippen molar-refractivity contribution in [3.63, 3.8) is 0 Å². The fourth-order valence-corrected chi connectivity index (χ4v) is 6.14. The number of para-hydroxylation sites is 2. The Hall–Kier alpha value is -6.54. The summed E-state index contributed by atoms with van der Waals surface area (Å²) in [5, 5.41) is 32.2. The van der Waals surface area contributed by atoms with Crippen molar-refractivity contribution in [1.29, 1.82) is 0 Å². The van der Waals surface area contributed by atoms with Gasteiger partial charge in [0, 0.05) is 42.2 Å². The number of hydrogen-bond donors (Lipinski definition) is 2. The minimum absolute atomic E-state index is 0. The van der Waals surface area contributed by atoms with Crippen molar-refractivity contribution < 1.29 is 55.2 Å². The van der Waals surface area contributed by atoms with Crippen LogP contribution in [-0.2, 0) is 41.6 Å². The summed E-state index contributed by atoms with van der Waals surface area (Å²) in [5.74, 6) is -1.31. The largest absolute Gasteiger partial charge is 2.00 e. The number of anilines is 2. The Morgan fingerprint density at radius 2 is 0.947 bits per heavy atom. The molecule has 0 atom stereocenters. The molecular weight excluding hydrogens is 820 g/mol. The van der Waals surface area contributed by atoms with Gasteiger partial charge in [-0.1, -0.05) is 48.5 Å². The van der Waals surface area contributed by atoms with Crippen LogP contribution in [0.1, 0.15) is 30.9 Å². The van der Waals surface area contributed by atoms with Gasteiger partial charge in [0.05, 0.1) is 21.2 Å². The van der Waals surface area contributed by atoms with Crippen LogP contribution in [0.5, 0.6) is 11.5 Å². The van der Waals surface area contributed by atoms with Crippen molar-refractivity contribution in [3.8, 4) is 11.5 Å². The molecule has 57 heavy (non-hydrogen) atoms. The Labute approximate surface area is 341 Å². The zero-order valence-electron chi connectivity index (χ0n) is 31.3. The maximum Gasteiger partial charge on any atom is 2.00 e. The number of carboxylic acid groups (broad SMARTS) is 1. The summed E-state index contributed by atoms with van der Waals surface area (Å²) in [6, 6.07) is 28.3. The van der Waals surface area contributed by atoms with Gasteiger partial charge in [0.1, 0.15) is 0 Å². The standard InChI is InChI=1S/2C18H16N4O3S.C2H4O2.Co/c2*1-13-10-11-19-18(21-13)22-26(24,25)16-8-6-15(7-9-16)20-12-14-4-2-3-5-17(14)23;1-2(3)4;/h2*2-12,23H,1H3,(H,19,21,22);1H3,(H,3,4);/q;;;+2/p-2. The maximum atomic E-state index is 12.4. The number of benzene rings is 4. The molecule has 0 saturated heterocycles. The minimum Gasteiger partial charge on any atom is -0.872 e. The van der Waals surface area contributed by atoms with E-state index in [9.17, 15) is 27.0 Å². The molecule has 0 amide bonds. The average Bonchev–Trinajstić information content (AvgIpc) is 3.14. The van der Waals surface area contributed by atoms with E-state index < -0.39 is 26.0 Å². The van der Waals surface area contributed by atoms with Crippen molar-refractivity contribution >= 4 is 61.7 Å². The third kappa shape index (κ3) is 14.6. The molecule has 0 aliphatic carbocycles. The maximum absolute atomic E-state index is 12.4. The third-order valence-electron chi connectivity index (χ3n) is 6.88. The van der Waals surface area contributed by atoms with Gasteiger partial charge in [0.25, 0.3) is 20.0 Å². The van der Waals surface area contributed by atoms with Gasteiger partial charge in [-0.2, -0.15) is 0 Å². The molecule has 6 rings (SSSR count). The van der Waals surface area contributed by atoms with E-state index in [4.69, 9.17) is 9.90 Å². The van der Waals surface area contributed by atoms with Crippen molar-refractivity contribution in [1.82, 2.24) is 19.9 Å². The average molecular weight is 854 g/mol. The van der Waals surface area contributed by atoms with Gasteiger partial charge >= 0.3 is 18.2 Å². The van der Waals surface area contributed by atoms with Crippen LogP contribution >= 0.6 is 0 Å². The van der Waals surface area contributed by atoms with Gasteiger partial charge in [-0.05, 0) is 92.6 Å². The van der Waals surface area contributed by atoms with E-state index in [0.29, 0.717) is 33.9 Å². The molecule has 0 unspecified atom stereocenters. The summed E-state index contributed by atoms with van der Waals surface area (Å²) in [4.78, 5) is 33.2. The number of sulfonamides is 2. The molecule has 0 aliphatic heterocycles. The first-order valence-electron chi connectivity index (χ1n) is 16.2. The minimum atomic E-state index is -3.80. The van der Waals surface area contributed by atoms with Crippen LogP contribution < -0.4 is 24.8 Å². The van der Waals surface area contributed by atoms with Crippen molar-refractivity contribution in [3.05, 3.63) is 144 Å². The van der Waals surface area contributed by atoms with Gasteiger partial charge in [-0.3, -0.25) is 9.98 Å². The van der Waals surface area contributed by atoms with E-state index in [1.54, 1.807) is 86.6 Å². The van der Waals surface area contributed by atoms with Gasteiger partial charge in [-0.15, -0.1) is 11.5 Å². The number of carboxylic acids is 1. The molecule has 6 aromatic rings. The molecule has 4 aromatic carbocycles. The van der Waals surface area contributed by atoms with Crippen molar-refractivity contribution in [2.45, 2.75) is 30.6 Å². The summed E-state index contributed by atoms with van der Waals surface area (Å²) in [6.45, 7) is 4.46. The third-order valence-corrected chi connectivity index (χ3v) is 9.57. The van der Waals surface area contributed by atoms with Crippen LogP contribution in [0.4, 0.5) is 23.3 Å². The fraction of sp³-hybridized carbons (Fsp3) is 0.0789. The predicted octanol–water partition coefficient (Wildman–Crippen LogP) is 3.69. The molecule has 295 valence electrons. The van der Waals surface area contributed by atoms with E-state index in [1.165, 1.54) is 61.2 Å². The summed E-state index contributed by atoms with van der Waals surface area (Å²) >= 11 is 0. The topological polar surface area (TPSA) is 255 Å². The first kappa shape index (κ1) is 44.9. The number of nitrogens with one attached hydrogen (secondary N) is 2. The Bertz CT molecular complexity index is 2390. The quantitative estimate of drug-likeness (QED) is 0.187. The van der Waals surface area contributed by atoms with Gasteiger partial charge in [-0.25, -0.2) is 46.2 Å². The summed E-state index contributed by atoms with van der Waals surface area (Å²) < 4.78 is 54.2. The molecule has 0 bridgehead atoms. The smallest absolute Gasteiger partial charge is 0.872 e. The van der Waals surface area contributed by atoms with Crippen LogP contribution in [0.15, 0.2) is 141 Å². The number of aliphatic imine (C=N–C) groups is 2. The van der Waals surface area contributed by atoms with E-state index in [2.05, 4.69) is 39.4 Å². The molecular formula is C38H34CoN8O8S2. The van der Waals surface area contributed by atoms with Crippen LogP contribution in [0.25, 0.3) is 0 Å². The molecule has 0 aliphatic rings. The second-order valence-electron chi connectivity index (χ2n) is 11.3. The number of nitrogens with zero attached hydrogens (tertiary/aromatic N) is 6. The molecule has 1 radical (unpaired) electrons. The van der Waals surface area contributed by atoms with Gasteiger partial charge in [0.15, 0.2) is 0 Å². The van der Waals surface area contributed by atoms with Crippen LogP contribution in [0.2, 0.25) is 0 Å². The normalized spacial score (nSPS) is 11.0. The number of aliphatic carboxylic acids is 1. The first-order valence-corrected chi connectivity index (χ1v) is 19.2. The van der Waals surface area contributed by atoms with E-state index in [0.717, 1.165) is 6.92 Å². The van der Waals surface area contributed by atoms with Crippen molar-refractivity contribution in [2.75, 3.05) is 9.44 Å². The Morgan fingerprint density at radius 3 is 1.26 bits per heavy atom. The van der Waals surface area contributed by atoms with Crippen molar-refractivity contribution in [2.24, 2.45) is 9.98 Å². The van der Waals surface area contributed by atoms with Gasteiger partial charge in [0.2, 0.25) is 11.9 Å². The first-order chi connectivity index (χ1) is 26.6. The molecule has 2 aromatic heterocycles. The predicted molar refractivity (Wildman–Crippen MR) is 206 cm³/mol. The molecule has 0 fully saturated rings. The molecule has 0 saturated carbocycles. The SMILES string of the molecule is CC(=O)[O-].Cc1ccnc(NS(=O)(=O)c2ccc(N=Cc3ccccc3[O-])cc2)n1.Cc1ccnc(NS(=O)(=O)c2ccc(N=Cc3ccccc3[O-])cc2)n1.[Co+2].[H+].